The van der Waals surface area contributed by atoms with E-state index in [0.717, 1.165) is 161 Å². The van der Waals surface area contributed by atoms with Gasteiger partial charge in [-0.2, -0.15) is 0 Å². The minimum absolute atomic E-state index is 0.100. The second-order valence-electron chi connectivity index (χ2n) is 36.0. The number of carbonyl (C=O) groups excluding carboxylic acids is 1. The van der Waals surface area contributed by atoms with Crippen molar-refractivity contribution in [3.63, 3.8) is 0 Å². The molecule has 2 N–H and O–H groups in total. The Morgan fingerprint density at radius 1 is 0.348 bits per heavy atom. The van der Waals surface area contributed by atoms with Gasteiger partial charge < -0.3 is 62.7 Å². The Morgan fingerprint density at radius 2 is 0.856 bits per heavy atom. The Morgan fingerprint density at radius 3 is 1.46 bits per heavy atom. The Hall–Kier alpha value is -12.6. The van der Waals surface area contributed by atoms with Crippen LogP contribution in [0.3, 0.4) is 0 Å². The van der Waals surface area contributed by atoms with E-state index in [1.807, 2.05) is 72.9 Å². The Bertz CT molecular complexity index is 5850. The number of nitrogens with zero attached hydrogens (tertiary/aromatic N) is 6. The summed E-state index contributed by atoms with van der Waals surface area (Å²) in [5.41, 5.74) is 20.6. The van der Waals surface area contributed by atoms with E-state index in [-0.39, 0.29) is 11.4 Å². The number of ether oxygens (including phenoxy) is 9. The van der Waals surface area contributed by atoms with Crippen LogP contribution < -0.4 is 49.0 Å². The van der Waals surface area contributed by atoms with Gasteiger partial charge in [0, 0.05) is 119 Å². The van der Waals surface area contributed by atoms with Gasteiger partial charge in [-0.3, -0.25) is 14.8 Å². The average Bonchev–Trinajstić information content (AvgIpc) is 0.924. The van der Waals surface area contributed by atoms with Crippen LogP contribution in [0.1, 0.15) is 244 Å². The number of morpholine rings is 2. The first-order valence-corrected chi connectivity index (χ1v) is 46.6. The number of benzene rings is 10. The van der Waals surface area contributed by atoms with Crippen molar-refractivity contribution in [2.45, 2.75) is 184 Å². The lowest BCUT2D eigenvalue weighted by atomic mass is 9.98. The standard InChI is InChI=1S/C14H17NO2.C14H16O.C13H15NO.2C13H19NO.C12H14N2O.C12H13NO.C11H15NO.C11H12O2/c1-9(2)10-7-12-11(13(8-10)16-3)5-6-15-14(12)17-4;1-10(2)12-8-11-6-4-5-7-13(11)14(9-12)15-3;1-9(2)10-7-12-11(5-4-6-14-12)13(8-10)15-3;1-11(2)12-3-5-13(6-4-12)14-7-9-15-10-8-14;1-11(2)12-4-3-5-13(10-12)14-6-8-15-9-7-14;1-8(2)9-6-10-12(11(7-9)15-3)14-5-4-13-10;1-8(2)11-7-12(14)9-5-3-4-6-10(9)13-11;1-8(2)9-3-4-10-11(7-9)13-6-5-12-10;1-7(2)8-3-4-9-6-13-11(12)10(9)5-8/h5-9H,1-4H3;4-10H,1-3H3;4-9H,1-3H3;3-6,11H,7-10H2,1-2H3;3-5,10-11H,6-9H2,1-2H3;4-8H,1-3H3;3-8H,1-2H3,(H,13,14);3-4,7-8,12H,5-6H2,1-2H3;3-5,7H,6H2,1-2H3. The van der Waals surface area contributed by atoms with Crippen molar-refractivity contribution in [3.8, 4) is 34.6 Å². The number of aromatic amines is 1. The summed E-state index contributed by atoms with van der Waals surface area (Å²) < 4.78 is 48.0. The molecule has 0 spiro atoms. The SMILES string of the molecule is CC(C)c1cc(=O)c2ccccc2[nH]1.CC(C)c1ccc(N2CCOCC2)cc1.CC(C)c1ccc2c(c1)C(=O)OC2.CC(C)c1ccc2c(c1)OCCN2.CC(C)c1cccc(N2CCOCC2)c1.COc1cc(C(C)C)cc2c(OC)nccc12.COc1cc(C(C)C)cc2ccccc12.COc1cc(C(C)C)cc2ncccc12.COc1cc(C(C)C)cc2nccnc12. The molecule has 0 bridgehead atoms. The second-order valence-corrected chi connectivity index (χ2v) is 36.0. The van der Waals surface area contributed by atoms with E-state index in [1.54, 1.807) is 60.2 Å². The van der Waals surface area contributed by atoms with Gasteiger partial charge in [0.15, 0.2) is 5.43 Å². The average molecular weight is 1790 g/mol. The molecule has 10 aromatic carbocycles. The molecule has 0 unspecified atom stereocenters. The summed E-state index contributed by atoms with van der Waals surface area (Å²) in [6.45, 7) is 48.6. The fraction of sp³-hybridized carbons (Fsp3) is 0.381. The number of carbonyl (C=O) groups is 1. The number of hydrogen-bond acceptors (Lipinski definition) is 18. The highest BCUT2D eigenvalue weighted by molar-refractivity contribution is 5.94. The van der Waals surface area contributed by atoms with E-state index in [0.29, 0.717) is 65.7 Å². The summed E-state index contributed by atoms with van der Waals surface area (Å²) in [5.74, 6) is 9.52. The molecule has 0 amide bonds. The fourth-order valence-corrected chi connectivity index (χ4v) is 15.3. The third-order valence-electron chi connectivity index (χ3n) is 23.6. The first-order valence-electron chi connectivity index (χ1n) is 46.6. The molecule has 4 aliphatic rings. The topological polar surface area (TPSA) is 203 Å². The molecule has 698 valence electrons. The molecule has 2 fully saturated rings. The van der Waals surface area contributed by atoms with Crippen LogP contribution in [-0.2, 0) is 20.8 Å². The van der Waals surface area contributed by atoms with Crippen molar-refractivity contribution < 1.29 is 47.4 Å². The number of methoxy groups -OCH3 is 5. The summed E-state index contributed by atoms with van der Waals surface area (Å²) in [4.78, 5) is 48.1. The largest absolute Gasteiger partial charge is 0.496 e. The third kappa shape index (κ3) is 28.2. The van der Waals surface area contributed by atoms with E-state index < -0.39 is 0 Å². The highest BCUT2D eigenvalue weighted by Gasteiger charge is 2.23. The molecule has 4 aromatic heterocycles. The molecule has 0 radical (unpaired) electrons. The highest BCUT2D eigenvalue weighted by atomic mass is 16.5. The van der Waals surface area contributed by atoms with Crippen molar-refractivity contribution >= 4 is 77.4 Å². The Labute approximate surface area is 783 Å². The first-order chi connectivity index (χ1) is 63.5. The van der Waals surface area contributed by atoms with Gasteiger partial charge in [-0.1, -0.05) is 210 Å². The molecule has 0 saturated carbocycles. The number of aromatic nitrogens is 5. The van der Waals surface area contributed by atoms with E-state index in [9.17, 15) is 9.59 Å². The van der Waals surface area contributed by atoms with E-state index >= 15 is 0 Å². The zero-order valence-corrected chi connectivity index (χ0v) is 82.1. The Balaban J connectivity index is 0.000000154. The molecule has 8 heterocycles. The normalized spacial score (nSPS) is 13.1. The van der Waals surface area contributed by atoms with Crippen LogP contribution >= 0.6 is 0 Å². The van der Waals surface area contributed by atoms with Crippen molar-refractivity contribution in [3.05, 3.63) is 303 Å². The van der Waals surface area contributed by atoms with Crippen molar-refractivity contribution in [2.75, 3.05) is 116 Å². The van der Waals surface area contributed by atoms with Gasteiger partial charge in [-0.05, 0) is 218 Å². The van der Waals surface area contributed by atoms with Crippen LogP contribution in [0, 0.1) is 0 Å². The predicted molar refractivity (Wildman–Crippen MR) is 546 cm³/mol. The van der Waals surface area contributed by atoms with Gasteiger partial charge in [0.05, 0.1) is 84.3 Å². The number of fused-ring (bicyclic) bond motifs is 7. The number of anilines is 3. The lowest BCUT2D eigenvalue weighted by Gasteiger charge is -2.29. The molecule has 14 aromatic rings. The summed E-state index contributed by atoms with van der Waals surface area (Å²) in [7, 11) is 8.41. The fourth-order valence-electron chi connectivity index (χ4n) is 15.3. The van der Waals surface area contributed by atoms with Crippen molar-refractivity contribution in [2.24, 2.45) is 0 Å². The molecule has 18 rings (SSSR count). The highest BCUT2D eigenvalue weighted by Crippen LogP contribution is 2.38. The molecule has 4 aliphatic heterocycles. The maximum absolute atomic E-state index is 11.7. The summed E-state index contributed by atoms with van der Waals surface area (Å²) in [6.07, 6.45) is 6.93. The molecule has 19 heteroatoms. The summed E-state index contributed by atoms with van der Waals surface area (Å²) in [5, 5.41) is 9.60. The van der Waals surface area contributed by atoms with Crippen LogP contribution in [0.5, 0.6) is 34.6 Å². The van der Waals surface area contributed by atoms with Crippen LogP contribution in [-0.4, -0.2) is 132 Å². The number of cyclic esters (lactones) is 1. The number of pyridine rings is 3. The molecule has 19 nitrogen and oxygen atoms in total. The summed E-state index contributed by atoms with van der Waals surface area (Å²) in [6, 6.07) is 70.5. The molecular formula is C113H140N8O11. The molecular weight excluding hydrogens is 1650 g/mol. The molecule has 0 atom stereocenters. The van der Waals surface area contributed by atoms with Crippen LogP contribution in [0.4, 0.5) is 17.1 Å². The number of H-pyrrole nitrogens is 1. The number of esters is 1. The van der Waals surface area contributed by atoms with Crippen LogP contribution in [0.2, 0.25) is 0 Å². The lowest BCUT2D eigenvalue weighted by Crippen LogP contribution is -2.36. The predicted octanol–water partition coefficient (Wildman–Crippen LogP) is 26.5. The van der Waals surface area contributed by atoms with E-state index in [4.69, 9.17) is 42.6 Å². The van der Waals surface area contributed by atoms with E-state index in [1.165, 1.54) is 66.7 Å². The first kappa shape index (κ1) is 102. The maximum atomic E-state index is 11.7. The maximum Gasteiger partial charge on any atom is 0.338 e. The van der Waals surface area contributed by atoms with Crippen LogP contribution in [0.25, 0.3) is 54.4 Å². The zero-order valence-electron chi connectivity index (χ0n) is 82.1. The molecule has 0 aliphatic carbocycles. The number of hydrogen-bond donors (Lipinski definition) is 2. The van der Waals surface area contributed by atoms with Gasteiger partial charge in [-0.25, -0.2) is 14.8 Å². The number of para-hydroxylation sites is 1. The zero-order chi connectivity index (χ0) is 95.1. The van der Waals surface area contributed by atoms with Crippen LogP contribution in [0.15, 0.2) is 236 Å². The smallest absolute Gasteiger partial charge is 0.338 e. The lowest BCUT2D eigenvalue weighted by molar-refractivity contribution is 0.0535. The minimum Gasteiger partial charge on any atom is -0.496 e. The van der Waals surface area contributed by atoms with Gasteiger partial charge in [0.25, 0.3) is 0 Å². The minimum atomic E-state index is -0.183. The Kier molecular flexibility index (Phi) is 38.6. The molecule has 2 saturated heterocycles. The van der Waals surface area contributed by atoms with E-state index in [2.05, 4.69) is 298 Å². The molecule has 132 heavy (non-hydrogen) atoms. The number of nitrogens with one attached hydrogen (secondary N) is 2. The third-order valence-corrected chi connectivity index (χ3v) is 23.6. The monoisotopic (exact) mass is 1790 g/mol. The van der Waals surface area contributed by atoms with Crippen molar-refractivity contribution in [1.29, 1.82) is 0 Å². The number of rotatable bonds is 16. The van der Waals surface area contributed by atoms with Gasteiger partial charge in [0.1, 0.15) is 47.5 Å². The van der Waals surface area contributed by atoms with Gasteiger partial charge in [-0.15, -0.1) is 0 Å². The van der Waals surface area contributed by atoms with Crippen molar-refractivity contribution in [1.82, 2.24) is 24.9 Å². The summed E-state index contributed by atoms with van der Waals surface area (Å²) >= 11 is 0. The van der Waals surface area contributed by atoms with Gasteiger partial charge >= 0.3 is 5.97 Å². The van der Waals surface area contributed by atoms with Gasteiger partial charge in [0.2, 0.25) is 5.88 Å². The quantitative estimate of drug-likeness (QED) is 0.0864. The second kappa shape index (κ2) is 50.2.